The third-order valence-corrected chi connectivity index (χ3v) is 3.67. The van der Waals surface area contributed by atoms with E-state index in [-0.39, 0.29) is 11.8 Å². The quantitative estimate of drug-likeness (QED) is 0.773. The lowest BCUT2D eigenvalue weighted by Crippen LogP contribution is -2.54. The van der Waals surface area contributed by atoms with Crippen molar-refractivity contribution in [2.45, 2.75) is 32.2 Å². The Morgan fingerprint density at radius 2 is 1.82 bits per heavy atom. The van der Waals surface area contributed by atoms with Gasteiger partial charge in [0.1, 0.15) is 6.04 Å². The zero-order chi connectivity index (χ0) is 12.4. The van der Waals surface area contributed by atoms with Crippen LogP contribution in [0.4, 0.5) is 0 Å². The van der Waals surface area contributed by atoms with E-state index in [4.69, 9.17) is 5.11 Å². The molecule has 2 rings (SSSR count). The third kappa shape index (κ3) is 2.77. The van der Waals surface area contributed by atoms with Gasteiger partial charge in [-0.3, -0.25) is 14.5 Å². The Labute approximate surface area is 101 Å². The number of piperazine rings is 1. The molecular weight excluding hydrogens is 220 g/mol. The second-order valence-corrected chi connectivity index (χ2v) is 4.90. The molecule has 17 heavy (non-hydrogen) atoms. The molecule has 1 saturated carbocycles. The lowest BCUT2D eigenvalue weighted by atomic mass is 10.1. The van der Waals surface area contributed by atoms with Gasteiger partial charge < -0.3 is 10.0 Å². The first-order valence-corrected chi connectivity index (χ1v) is 6.39. The van der Waals surface area contributed by atoms with Crippen LogP contribution >= 0.6 is 0 Å². The second kappa shape index (κ2) is 5.04. The van der Waals surface area contributed by atoms with E-state index in [2.05, 4.69) is 0 Å². The summed E-state index contributed by atoms with van der Waals surface area (Å²) in [7, 11) is 0. The minimum Gasteiger partial charge on any atom is -0.480 e. The van der Waals surface area contributed by atoms with Gasteiger partial charge in [-0.25, -0.2) is 0 Å². The van der Waals surface area contributed by atoms with Crippen molar-refractivity contribution in [2.75, 3.05) is 26.2 Å². The number of carbonyl (C=O) groups excluding carboxylic acids is 1. The van der Waals surface area contributed by atoms with Crippen molar-refractivity contribution in [1.82, 2.24) is 9.80 Å². The lowest BCUT2D eigenvalue weighted by molar-refractivity contribution is -0.145. The van der Waals surface area contributed by atoms with E-state index >= 15 is 0 Å². The van der Waals surface area contributed by atoms with Crippen LogP contribution in [0.2, 0.25) is 0 Å². The Bertz CT molecular complexity index is 307. The summed E-state index contributed by atoms with van der Waals surface area (Å²) in [5, 5.41) is 9.08. The van der Waals surface area contributed by atoms with Crippen molar-refractivity contribution in [2.24, 2.45) is 5.92 Å². The number of carbonyl (C=O) groups is 2. The molecule has 2 fully saturated rings. The van der Waals surface area contributed by atoms with E-state index < -0.39 is 12.0 Å². The molecule has 96 valence electrons. The smallest absolute Gasteiger partial charge is 0.320 e. The summed E-state index contributed by atoms with van der Waals surface area (Å²) in [6, 6.07) is -0.395. The van der Waals surface area contributed by atoms with Gasteiger partial charge in [0, 0.05) is 32.1 Å². The number of rotatable bonds is 4. The topological polar surface area (TPSA) is 60.9 Å². The molecule has 5 nitrogen and oxygen atoms in total. The van der Waals surface area contributed by atoms with Crippen LogP contribution in [0.25, 0.3) is 0 Å². The van der Waals surface area contributed by atoms with Crippen molar-refractivity contribution in [3.63, 3.8) is 0 Å². The normalized spacial score (nSPS) is 23.5. The maximum atomic E-state index is 11.8. The molecule has 1 aliphatic carbocycles. The Morgan fingerprint density at radius 3 is 2.24 bits per heavy atom. The third-order valence-electron chi connectivity index (χ3n) is 3.67. The van der Waals surface area contributed by atoms with Crippen molar-refractivity contribution in [3.05, 3.63) is 0 Å². The summed E-state index contributed by atoms with van der Waals surface area (Å²) in [4.78, 5) is 26.7. The van der Waals surface area contributed by atoms with Gasteiger partial charge in [0.15, 0.2) is 0 Å². The van der Waals surface area contributed by atoms with Gasteiger partial charge in [-0.1, -0.05) is 6.92 Å². The number of hydrogen-bond donors (Lipinski definition) is 1. The average Bonchev–Trinajstić information content (AvgIpc) is 3.13. The van der Waals surface area contributed by atoms with Crippen molar-refractivity contribution in [1.29, 1.82) is 0 Å². The number of amides is 1. The molecule has 1 heterocycles. The number of aliphatic carboxylic acids is 1. The first-order valence-electron chi connectivity index (χ1n) is 6.39. The highest BCUT2D eigenvalue weighted by molar-refractivity contribution is 5.81. The zero-order valence-electron chi connectivity index (χ0n) is 10.3. The molecule has 0 aromatic rings. The van der Waals surface area contributed by atoms with Crippen LogP contribution in [0.3, 0.4) is 0 Å². The number of carboxylic acid groups (broad SMARTS) is 1. The summed E-state index contributed by atoms with van der Waals surface area (Å²) in [5.41, 5.74) is 0. The minimum atomic E-state index is -0.755. The van der Waals surface area contributed by atoms with Crippen LogP contribution < -0.4 is 0 Å². The van der Waals surface area contributed by atoms with E-state index in [0.717, 1.165) is 12.8 Å². The first-order chi connectivity index (χ1) is 8.13. The molecule has 1 N–H and O–H groups in total. The van der Waals surface area contributed by atoms with Gasteiger partial charge >= 0.3 is 5.97 Å². The summed E-state index contributed by atoms with van der Waals surface area (Å²) in [6.45, 7) is 4.62. The van der Waals surface area contributed by atoms with Gasteiger partial charge in [0.2, 0.25) is 5.91 Å². The molecule has 0 radical (unpaired) electrons. The van der Waals surface area contributed by atoms with E-state index in [0.29, 0.717) is 32.6 Å². The maximum absolute atomic E-state index is 11.8. The van der Waals surface area contributed by atoms with E-state index in [1.807, 2.05) is 16.7 Å². The molecule has 1 aliphatic heterocycles. The monoisotopic (exact) mass is 240 g/mol. The van der Waals surface area contributed by atoms with Crippen LogP contribution in [0.15, 0.2) is 0 Å². The fourth-order valence-electron chi connectivity index (χ4n) is 2.43. The van der Waals surface area contributed by atoms with Crippen molar-refractivity contribution < 1.29 is 14.7 Å². The molecule has 0 unspecified atom stereocenters. The Kier molecular flexibility index (Phi) is 3.66. The maximum Gasteiger partial charge on any atom is 0.320 e. The molecule has 0 spiro atoms. The molecule has 5 heteroatoms. The largest absolute Gasteiger partial charge is 0.480 e. The molecule has 0 bridgehead atoms. The first kappa shape index (κ1) is 12.4. The van der Waals surface area contributed by atoms with Crippen molar-refractivity contribution >= 4 is 11.9 Å². The summed E-state index contributed by atoms with van der Waals surface area (Å²) < 4.78 is 0. The summed E-state index contributed by atoms with van der Waals surface area (Å²) in [6.07, 6.45) is 2.68. The standard InChI is InChI=1S/C12H20N2O3/c1-2-10(12(16)17)13-5-7-14(8-6-13)11(15)9-3-4-9/h9-10H,2-8H2,1H3,(H,16,17)/t10-/m1/s1. The highest BCUT2D eigenvalue weighted by Gasteiger charge is 2.36. The molecule has 2 aliphatic rings. The Morgan fingerprint density at radius 1 is 1.24 bits per heavy atom. The zero-order valence-corrected chi connectivity index (χ0v) is 10.3. The summed E-state index contributed by atoms with van der Waals surface area (Å²) in [5.74, 6) is -0.217. The predicted molar refractivity (Wildman–Crippen MR) is 62.6 cm³/mol. The van der Waals surface area contributed by atoms with Crippen molar-refractivity contribution in [3.8, 4) is 0 Å². The van der Waals surface area contributed by atoms with E-state index in [1.165, 1.54) is 0 Å². The highest BCUT2D eigenvalue weighted by atomic mass is 16.4. The van der Waals surface area contributed by atoms with Crippen LogP contribution in [0.1, 0.15) is 26.2 Å². The van der Waals surface area contributed by atoms with Gasteiger partial charge in [0.25, 0.3) is 0 Å². The van der Waals surface area contributed by atoms with Gasteiger partial charge in [-0.2, -0.15) is 0 Å². The lowest BCUT2D eigenvalue weighted by Gasteiger charge is -2.37. The van der Waals surface area contributed by atoms with Crippen LogP contribution in [-0.4, -0.2) is 59.0 Å². The highest BCUT2D eigenvalue weighted by Crippen LogP contribution is 2.31. The molecular formula is C12H20N2O3. The molecule has 0 aromatic carbocycles. The molecule has 0 aromatic heterocycles. The fourth-order valence-corrected chi connectivity index (χ4v) is 2.43. The molecule has 1 saturated heterocycles. The average molecular weight is 240 g/mol. The number of carboxylic acids is 1. The van der Waals surface area contributed by atoms with Gasteiger partial charge in [0.05, 0.1) is 0 Å². The Hall–Kier alpha value is -1.10. The number of hydrogen-bond acceptors (Lipinski definition) is 3. The molecule has 1 atom stereocenters. The molecule has 1 amide bonds. The minimum absolute atomic E-state index is 0.267. The Balaban J connectivity index is 1.84. The SMILES string of the molecule is CC[C@H](C(=O)O)N1CCN(C(=O)C2CC2)CC1. The predicted octanol–water partition coefficient (Wildman–Crippen LogP) is 0.404. The van der Waals surface area contributed by atoms with Crippen LogP contribution in [-0.2, 0) is 9.59 Å². The second-order valence-electron chi connectivity index (χ2n) is 4.90. The van der Waals surface area contributed by atoms with E-state index in [1.54, 1.807) is 0 Å². The fraction of sp³-hybridized carbons (Fsp3) is 0.833. The van der Waals surface area contributed by atoms with Crippen LogP contribution in [0, 0.1) is 5.92 Å². The van der Waals surface area contributed by atoms with Gasteiger partial charge in [-0.15, -0.1) is 0 Å². The summed E-state index contributed by atoms with van der Waals surface area (Å²) >= 11 is 0. The van der Waals surface area contributed by atoms with E-state index in [9.17, 15) is 9.59 Å². The van der Waals surface area contributed by atoms with Gasteiger partial charge in [-0.05, 0) is 19.3 Å². The van der Waals surface area contributed by atoms with Crippen LogP contribution in [0.5, 0.6) is 0 Å². The number of nitrogens with zero attached hydrogens (tertiary/aromatic N) is 2.